The molecule has 1 aliphatic rings. The topological polar surface area (TPSA) is 70.7 Å². The van der Waals surface area contributed by atoms with Gasteiger partial charge in [0.25, 0.3) is 5.91 Å². The fourth-order valence-electron chi connectivity index (χ4n) is 3.12. The summed E-state index contributed by atoms with van der Waals surface area (Å²) in [5.74, 6) is 0.119. The van der Waals surface area contributed by atoms with Crippen molar-refractivity contribution in [2.45, 2.75) is 19.3 Å². The number of nitrogens with zero attached hydrogens (tertiary/aromatic N) is 1. The number of anilines is 2. The molecule has 2 aromatic carbocycles. The summed E-state index contributed by atoms with van der Waals surface area (Å²) in [4.78, 5) is 26.5. The van der Waals surface area contributed by atoms with Gasteiger partial charge in [0.1, 0.15) is 5.75 Å². The van der Waals surface area contributed by atoms with Crippen molar-refractivity contribution >= 4 is 23.2 Å². The minimum Gasteiger partial charge on any atom is -0.497 e. The third-order valence-electron chi connectivity index (χ3n) is 4.63. The number of hydrogen-bond acceptors (Lipinski definition) is 4. The predicted octanol–water partition coefficient (Wildman–Crippen LogP) is 3.05. The van der Waals surface area contributed by atoms with Gasteiger partial charge in [0, 0.05) is 30.0 Å². The maximum Gasteiger partial charge on any atom is 0.251 e. The van der Waals surface area contributed by atoms with Gasteiger partial charge in [0.15, 0.2) is 0 Å². The number of hydrogen-bond donors (Lipinski definition) is 2. The Hall–Kier alpha value is -3.02. The lowest BCUT2D eigenvalue weighted by Gasteiger charge is -2.28. The van der Waals surface area contributed by atoms with E-state index in [9.17, 15) is 9.59 Å². The zero-order valence-corrected chi connectivity index (χ0v) is 15.5. The number of carbonyl (C=O) groups excluding carboxylic acids is 2. The summed E-state index contributed by atoms with van der Waals surface area (Å²) >= 11 is 0. The smallest absolute Gasteiger partial charge is 0.251 e. The average Bonchev–Trinajstić information content (AvgIpc) is 2.73. The van der Waals surface area contributed by atoms with Crippen LogP contribution in [0.4, 0.5) is 11.4 Å². The van der Waals surface area contributed by atoms with Gasteiger partial charge < -0.3 is 20.3 Å². The third-order valence-corrected chi connectivity index (χ3v) is 4.63. The second-order valence-corrected chi connectivity index (χ2v) is 6.55. The molecule has 0 spiro atoms. The van der Waals surface area contributed by atoms with Crippen LogP contribution in [-0.2, 0) is 4.79 Å². The van der Waals surface area contributed by atoms with E-state index in [1.807, 2.05) is 24.3 Å². The van der Waals surface area contributed by atoms with E-state index in [1.165, 1.54) is 24.9 Å². The van der Waals surface area contributed by atoms with E-state index >= 15 is 0 Å². The second kappa shape index (κ2) is 9.07. The molecule has 2 amide bonds. The van der Waals surface area contributed by atoms with Crippen molar-refractivity contribution in [1.82, 2.24) is 5.32 Å². The first-order chi connectivity index (χ1) is 13.2. The number of ether oxygens (including phenoxy) is 1. The number of rotatable bonds is 6. The standard InChI is InChI=1S/C21H25N3O3/c1-27-19-11-5-16(6-12-19)21(26)22-15-20(25)23-17-7-9-18(10-8-17)24-13-3-2-4-14-24/h5-12H,2-4,13-15H2,1H3,(H,22,26)(H,23,25). The van der Waals surface area contributed by atoms with Gasteiger partial charge in [-0.25, -0.2) is 0 Å². The van der Waals surface area contributed by atoms with Gasteiger partial charge in [-0.15, -0.1) is 0 Å². The highest BCUT2D eigenvalue weighted by atomic mass is 16.5. The van der Waals surface area contributed by atoms with Crippen molar-refractivity contribution in [2.75, 3.05) is 37.0 Å². The molecule has 2 aromatic rings. The first-order valence-corrected chi connectivity index (χ1v) is 9.23. The summed E-state index contributed by atoms with van der Waals surface area (Å²) in [5.41, 5.74) is 2.38. The monoisotopic (exact) mass is 367 g/mol. The molecular formula is C21H25N3O3. The fraction of sp³-hybridized carbons (Fsp3) is 0.333. The number of piperidine rings is 1. The second-order valence-electron chi connectivity index (χ2n) is 6.55. The summed E-state index contributed by atoms with van der Waals surface area (Å²) in [6, 6.07) is 14.6. The van der Waals surface area contributed by atoms with Crippen LogP contribution in [0.3, 0.4) is 0 Å². The molecule has 6 heteroatoms. The Kier molecular flexibility index (Phi) is 6.30. The molecule has 1 heterocycles. The van der Waals surface area contributed by atoms with E-state index in [2.05, 4.69) is 15.5 Å². The van der Waals surface area contributed by atoms with E-state index in [0.717, 1.165) is 18.8 Å². The SMILES string of the molecule is COc1ccc(C(=O)NCC(=O)Nc2ccc(N3CCCCC3)cc2)cc1. The van der Waals surface area contributed by atoms with E-state index < -0.39 is 0 Å². The highest BCUT2D eigenvalue weighted by Crippen LogP contribution is 2.21. The lowest BCUT2D eigenvalue weighted by molar-refractivity contribution is -0.115. The van der Waals surface area contributed by atoms with Gasteiger partial charge in [0.2, 0.25) is 5.91 Å². The van der Waals surface area contributed by atoms with Crippen LogP contribution in [0.25, 0.3) is 0 Å². The zero-order valence-electron chi connectivity index (χ0n) is 15.5. The molecular weight excluding hydrogens is 342 g/mol. The molecule has 0 aromatic heterocycles. The minimum absolute atomic E-state index is 0.0846. The maximum atomic E-state index is 12.1. The van der Waals surface area contributed by atoms with Crippen molar-refractivity contribution < 1.29 is 14.3 Å². The molecule has 0 unspecified atom stereocenters. The van der Waals surface area contributed by atoms with Crippen LogP contribution < -0.4 is 20.3 Å². The summed E-state index contributed by atoms with van der Waals surface area (Å²) < 4.78 is 5.06. The van der Waals surface area contributed by atoms with E-state index in [0.29, 0.717) is 11.3 Å². The van der Waals surface area contributed by atoms with E-state index in [-0.39, 0.29) is 18.4 Å². The van der Waals surface area contributed by atoms with Crippen molar-refractivity contribution in [3.8, 4) is 5.75 Å². The van der Waals surface area contributed by atoms with Crippen LogP contribution in [0.2, 0.25) is 0 Å². The molecule has 0 bridgehead atoms. The summed E-state index contributed by atoms with van der Waals surface area (Å²) in [6.07, 6.45) is 3.76. The van der Waals surface area contributed by atoms with E-state index in [1.54, 1.807) is 31.4 Å². The highest BCUT2D eigenvalue weighted by Gasteiger charge is 2.11. The maximum absolute atomic E-state index is 12.1. The molecule has 2 N–H and O–H groups in total. The molecule has 3 rings (SSSR count). The molecule has 142 valence electrons. The van der Waals surface area contributed by atoms with Crippen molar-refractivity contribution in [2.24, 2.45) is 0 Å². The Morgan fingerprint density at radius 3 is 2.26 bits per heavy atom. The van der Waals surface area contributed by atoms with Gasteiger partial charge in [-0.2, -0.15) is 0 Å². The van der Waals surface area contributed by atoms with Crippen LogP contribution in [-0.4, -0.2) is 38.6 Å². The Morgan fingerprint density at radius 2 is 1.63 bits per heavy atom. The van der Waals surface area contributed by atoms with Crippen molar-refractivity contribution in [1.29, 1.82) is 0 Å². The molecule has 0 radical (unpaired) electrons. The lowest BCUT2D eigenvalue weighted by atomic mass is 10.1. The predicted molar refractivity (Wildman–Crippen MR) is 106 cm³/mol. The Morgan fingerprint density at radius 1 is 0.963 bits per heavy atom. The van der Waals surface area contributed by atoms with Gasteiger partial charge in [-0.1, -0.05) is 0 Å². The van der Waals surface area contributed by atoms with Gasteiger partial charge >= 0.3 is 0 Å². The van der Waals surface area contributed by atoms with Crippen LogP contribution in [0.5, 0.6) is 5.75 Å². The first kappa shape index (κ1) is 18.8. The highest BCUT2D eigenvalue weighted by molar-refractivity contribution is 5.99. The zero-order chi connectivity index (χ0) is 19.1. The van der Waals surface area contributed by atoms with Crippen LogP contribution in [0, 0.1) is 0 Å². The average molecular weight is 367 g/mol. The number of amides is 2. The van der Waals surface area contributed by atoms with Crippen molar-refractivity contribution in [3.05, 3.63) is 54.1 Å². The number of benzene rings is 2. The third kappa shape index (κ3) is 5.23. The molecule has 6 nitrogen and oxygen atoms in total. The molecule has 0 saturated carbocycles. The molecule has 1 aliphatic heterocycles. The summed E-state index contributed by atoms with van der Waals surface area (Å²) in [5, 5.41) is 5.42. The number of carbonyl (C=O) groups is 2. The van der Waals surface area contributed by atoms with Gasteiger partial charge in [-0.3, -0.25) is 9.59 Å². The molecule has 1 saturated heterocycles. The Bertz CT molecular complexity index is 766. The number of nitrogens with one attached hydrogen (secondary N) is 2. The normalized spacial score (nSPS) is 13.7. The summed E-state index contributed by atoms with van der Waals surface area (Å²) in [7, 11) is 1.57. The molecule has 0 aliphatic carbocycles. The fourth-order valence-corrected chi connectivity index (χ4v) is 3.12. The van der Waals surface area contributed by atoms with Crippen molar-refractivity contribution in [3.63, 3.8) is 0 Å². The molecule has 1 fully saturated rings. The quantitative estimate of drug-likeness (QED) is 0.823. The molecule has 27 heavy (non-hydrogen) atoms. The van der Waals surface area contributed by atoms with E-state index in [4.69, 9.17) is 4.74 Å². The first-order valence-electron chi connectivity index (χ1n) is 9.23. The Labute approximate surface area is 159 Å². The van der Waals surface area contributed by atoms with Crippen LogP contribution in [0.15, 0.2) is 48.5 Å². The van der Waals surface area contributed by atoms with Crippen LogP contribution >= 0.6 is 0 Å². The minimum atomic E-state index is -0.298. The largest absolute Gasteiger partial charge is 0.497 e. The van der Waals surface area contributed by atoms with Gasteiger partial charge in [0.05, 0.1) is 13.7 Å². The van der Waals surface area contributed by atoms with Crippen LogP contribution in [0.1, 0.15) is 29.6 Å². The summed E-state index contributed by atoms with van der Waals surface area (Å²) in [6.45, 7) is 2.09. The lowest BCUT2D eigenvalue weighted by Crippen LogP contribution is -2.32. The molecule has 0 atom stereocenters. The van der Waals surface area contributed by atoms with Gasteiger partial charge in [-0.05, 0) is 67.8 Å². The Balaban J connectivity index is 1.47. The number of methoxy groups -OCH3 is 1.